The van der Waals surface area contributed by atoms with Crippen LogP contribution in [0.1, 0.15) is 0 Å². The largest absolute Gasteiger partial charge is 0.416 e. The molecule has 0 aliphatic heterocycles. The normalized spacial score (nSPS) is 14.2. The fourth-order valence-corrected chi connectivity index (χ4v) is 1.99. The van der Waals surface area contributed by atoms with Gasteiger partial charge in [0.1, 0.15) is 4.90 Å². The van der Waals surface area contributed by atoms with Crippen LogP contribution >= 0.6 is 0 Å². The number of anilines is 2. The van der Waals surface area contributed by atoms with E-state index in [1.54, 1.807) is 0 Å². The molecule has 0 aromatic heterocycles. The average Bonchev–Trinajstić information content (AvgIpc) is 2.24. The molecule has 0 radical (unpaired) electrons. The van der Waals surface area contributed by atoms with E-state index in [9.17, 15) is 21.6 Å². The lowest BCUT2D eigenvalue weighted by Crippen LogP contribution is -2.35. The van der Waals surface area contributed by atoms with Crippen molar-refractivity contribution in [1.29, 1.82) is 0 Å². The Morgan fingerprint density at radius 3 is 2.42 bits per heavy atom. The van der Waals surface area contributed by atoms with Gasteiger partial charge in [-0.1, -0.05) is 0 Å². The number of hydrogen-bond acceptors (Lipinski definition) is 5. The Bertz CT molecular complexity index is 560. The number of primary sulfonamides is 1. The second kappa shape index (κ2) is 5.23. The monoisotopic (exact) mass is 299 g/mol. The van der Waals surface area contributed by atoms with E-state index in [2.05, 4.69) is 5.32 Å². The lowest BCUT2D eigenvalue weighted by atomic mass is 10.2. The minimum Gasteiger partial charge on any atom is -0.399 e. The highest BCUT2D eigenvalue weighted by molar-refractivity contribution is 7.89. The van der Waals surface area contributed by atoms with Gasteiger partial charge in [0.2, 0.25) is 10.0 Å². The SMILES string of the molecule is Nc1ccc(NCC(O)C(F)(F)F)c(S(N)(=O)=O)c1. The van der Waals surface area contributed by atoms with Crippen LogP contribution < -0.4 is 16.2 Å². The molecule has 6 nitrogen and oxygen atoms in total. The third-order valence-corrected chi connectivity index (χ3v) is 3.13. The number of aliphatic hydroxyl groups is 1. The number of nitrogens with one attached hydrogen (secondary N) is 1. The van der Waals surface area contributed by atoms with Gasteiger partial charge in [0, 0.05) is 12.2 Å². The maximum Gasteiger partial charge on any atom is 0.416 e. The molecule has 0 aliphatic carbocycles. The predicted molar refractivity (Wildman–Crippen MR) is 62.8 cm³/mol. The van der Waals surface area contributed by atoms with Crippen LogP contribution in [0.4, 0.5) is 24.5 Å². The minimum absolute atomic E-state index is 0.0888. The summed E-state index contributed by atoms with van der Waals surface area (Å²) in [5, 5.41) is 15.9. The second-order valence-electron chi connectivity index (χ2n) is 3.74. The maximum absolute atomic E-state index is 12.1. The van der Waals surface area contributed by atoms with Gasteiger partial charge in [0.15, 0.2) is 6.10 Å². The van der Waals surface area contributed by atoms with Gasteiger partial charge in [0.25, 0.3) is 0 Å². The first-order valence-electron chi connectivity index (χ1n) is 4.93. The summed E-state index contributed by atoms with van der Waals surface area (Å²) >= 11 is 0. The van der Waals surface area contributed by atoms with Crippen LogP contribution in [0.5, 0.6) is 0 Å². The molecule has 0 aliphatic rings. The summed E-state index contributed by atoms with van der Waals surface area (Å²) in [6.45, 7) is -0.907. The molecule has 0 spiro atoms. The van der Waals surface area contributed by atoms with Gasteiger partial charge in [0.05, 0.1) is 5.69 Å². The van der Waals surface area contributed by atoms with E-state index in [-0.39, 0.29) is 11.4 Å². The zero-order valence-electron chi connectivity index (χ0n) is 9.48. The first kappa shape index (κ1) is 15.5. The molecule has 0 heterocycles. The number of benzene rings is 1. The van der Waals surface area contributed by atoms with E-state index in [0.717, 1.165) is 12.1 Å². The molecule has 1 aromatic carbocycles. The van der Waals surface area contributed by atoms with Gasteiger partial charge in [-0.2, -0.15) is 13.2 Å². The number of hydrogen-bond donors (Lipinski definition) is 4. The Hall–Kier alpha value is -1.52. The van der Waals surface area contributed by atoms with Gasteiger partial charge in [-0.25, -0.2) is 13.6 Å². The number of sulfonamides is 1. The molecule has 1 unspecified atom stereocenters. The molecular weight excluding hydrogens is 287 g/mol. The van der Waals surface area contributed by atoms with E-state index < -0.39 is 33.7 Å². The highest BCUT2D eigenvalue weighted by Gasteiger charge is 2.38. The number of rotatable bonds is 4. The lowest BCUT2D eigenvalue weighted by molar-refractivity contribution is -0.198. The number of halogens is 3. The first-order chi connectivity index (χ1) is 8.51. The van der Waals surface area contributed by atoms with E-state index in [1.165, 1.54) is 6.07 Å². The van der Waals surface area contributed by atoms with E-state index >= 15 is 0 Å². The Kier molecular flexibility index (Phi) is 4.28. The minimum atomic E-state index is -4.80. The van der Waals surface area contributed by atoms with Crippen molar-refractivity contribution in [2.75, 3.05) is 17.6 Å². The summed E-state index contributed by atoms with van der Waals surface area (Å²) in [5.74, 6) is 0. The molecule has 0 saturated carbocycles. The summed E-state index contributed by atoms with van der Waals surface area (Å²) in [6.07, 6.45) is -7.43. The van der Waals surface area contributed by atoms with Crippen LogP contribution in [-0.2, 0) is 10.0 Å². The van der Waals surface area contributed by atoms with Crippen LogP contribution in [0.3, 0.4) is 0 Å². The standard InChI is InChI=1S/C9H12F3N3O3S/c10-9(11,12)8(16)4-15-6-2-1-5(13)3-7(6)19(14,17)18/h1-3,8,15-16H,4,13H2,(H2,14,17,18). The Morgan fingerprint density at radius 1 is 1.37 bits per heavy atom. The molecule has 0 amide bonds. The highest BCUT2D eigenvalue weighted by atomic mass is 32.2. The molecule has 0 saturated heterocycles. The number of alkyl halides is 3. The van der Waals surface area contributed by atoms with Crippen LogP contribution in [0.15, 0.2) is 23.1 Å². The molecule has 108 valence electrons. The van der Waals surface area contributed by atoms with Crippen molar-refractivity contribution < 1.29 is 26.7 Å². The zero-order valence-corrected chi connectivity index (χ0v) is 10.3. The van der Waals surface area contributed by atoms with Crippen molar-refractivity contribution in [3.8, 4) is 0 Å². The van der Waals surface area contributed by atoms with Gasteiger partial charge >= 0.3 is 6.18 Å². The lowest BCUT2D eigenvalue weighted by Gasteiger charge is -2.17. The van der Waals surface area contributed by atoms with E-state index in [1.807, 2.05) is 0 Å². The fourth-order valence-electron chi connectivity index (χ4n) is 1.24. The van der Waals surface area contributed by atoms with Gasteiger partial charge in [-0.15, -0.1) is 0 Å². The number of nitrogens with two attached hydrogens (primary N) is 2. The number of nitrogen functional groups attached to an aromatic ring is 1. The van der Waals surface area contributed by atoms with Crippen LogP contribution in [0.2, 0.25) is 0 Å². The molecule has 1 atom stereocenters. The molecule has 0 bridgehead atoms. The van der Waals surface area contributed by atoms with Gasteiger partial charge < -0.3 is 16.2 Å². The Balaban J connectivity index is 2.97. The van der Waals surface area contributed by atoms with Gasteiger partial charge in [-0.3, -0.25) is 0 Å². The van der Waals surface area contributed by atoms with Crippen molar-refractivity contribution in [2.24, 2.45) is 5.14 Å². The summed E-state index contributed by atoms with van der Waals surface area (Å²) in [7, 11) is -4.14. The highest BCUT2D eigenvalue weighted by Crippen LogP contribution is 2.25. The van der Waals surface area contributed by atoms with Crippen molar-refractivity contribution in [3.63, 3.8) is 0 Å². The topological polar surface area (TPSA) is 118 Å². The van der Waals surface area contributed by atoms with Crippen LogP contribution in [0, 0.1) is 0 Å². The van der Waals surface area contributed by atoms with Crippen molar-refractivity contribution >= 4 is 21.4 Å². The van der Waals surface area contributed by atoms with Crippen molar-refractivity contribution in [2.45, 2.75) is 17.2 Å². The van der Waals surface area contributed by atoms with E-state index in [0.29, 0.717) is 0 Å². The fraction of sp³-hybridized carbons (Fsp3) is 0.333. The molecule has 1 rings (SSSR count). The second-order valence-corrected chi connectivity index (χ2v) is 5.27. The molecule has 19 heavy (non-hydrogen) atoms. The van der Waals surface area contributed by atoms with Crippen LogP contribution in [0.25, 0.3) is 0 Å². The summed E-state index contributed by atoms with van der Waals surface area (Å²) in [5.41, 5.74) is 5.29. The summed E-state index contributed by atoms with van der Waals surface area (Å²) in [4.78, 5) is -0.443. The first-order valence-corrected chi connectivity index (χ1v) is 6.47. The molecule has 10 heteroatoms. The smallest absolute Gasteiger partial charge is 0.399 e. The third kappa shape index (κ3) is 4.26. The van der Waals surface area contributed by atoms with Crippen molar-refractivity contribution in [1.82, 2.24) is 0 Å². The zero-order chi connectivity index (χ0) is 14.8. The Morgan fingerprint density at radius 2 is 1.95 bits per heavy atom. The van der Waals surface area contributed by atoms with Crippen molar-refractivity contribution in [3.05, 3.63) is 18.2 Å². The maximum atomic E-state index is 12.1. The predicted octanol–water partition coefficient (Wildman–Crippen LogP) is 0.251. The quantitative estimate of drug-likeness (QED) is 0.594. The Labute approximate surface area is 107 Å². The molecule has 6 N–H and O–H groups in total. The summed E-state index contributed by atoms with van der Waals surface area (Å²) in [6, 6.07) is 3.47. The third-order valence-electron chi connectivity index (χ3n) is 2.18. The van der Waals surface area contributed by atoms with Crippen LogP contribution in [-0.4, -0.2) is 32.3 Å². The molecule has 1 aromatic rings. The van der Waals surface area contributed by atoms with E-state index in [4.69, 9.17) is 16.0 Å². The summed E-state index contributed by atoms with van der Waals surface area (Å²) < 4.78 is 58.8. The van der Waals surface area contributed by atoms with Gasteiger partial charge in [-0.05, 0) is 18.2 Å². The molecule has 0 fully saturated rings. The average molecular weight is 299 g/mol. The number of aliphatic hydroxyl groups excluding tert-OH is 1. The molecular formula is C9H12F3N3O3S.